The Morgan fingerprint density at radius 2 is 2.50 bits per heavy atom. The summed E-state index contributed by atoms with van der Waals surface area (Å²) in [5, 5.41) is 3.53. The number of rotatable bonds is 0. The highest BCUT2D eigenvalue weighted by Gasteiger charge is 2.35. The molecule has 1 fully saturated rings. The molecule has 1 N–H and O–H groups in total. The Morgan fingerprint density at radius 3 is 3.50 bits per heavy atom. The average molecular weight is 160 g/mol. The lowest BCUT2D eigenvalue weighted by Crippen LogP contribution is -2.13. The maximum Gasteiger partial charge on any atom is 0.0454 e. The first kappa shape index (κ1) is 6.61. The quantitative estimate of drug-likeness (QED) is 0.618. The zero-order valence-corrected chi connectivity index (χ0v) is 6.96. The van der Waals surface area contributed by atoms with Gasteiger partial charge in [0.25, 0.3) is 0 Å². The molecule has 0 aromatic carbocycles. The summed E-state index contributed by atoms with van der Waals surface area (Å²) in [6, 6.07) is 4.88. The fraction of sp³-hybridized carbons (Fsp3) is 0.500. The molecule has 1 aromatic rings. The predicted molar refractivity (Wildman–Crippen MR) is 46.8 cm³/mol. The van der Waals surface area contributed by atoms with E-state index in [-0.39, 0.29) is 0 Å². The fourth-order valence-corrected chi connectivity index (χ4v) is 2.49. The van der Waals surface area contributed by atoms with Crippen molar-refractivity contribution < 1.29 is 0 Å². The van der Waals surface area contributed by atoms with Crippen molar-refractivity contribution in [2.75, 3.05) is 6.54 Å². The van der Waals surface area contributed by atoms with Gasteiger partial charge < -0.3 is 5.32 Å². The van der Waals surface area contributed by atoms with Gasteiger partial charge in [0.15, 0.2) is 0 Å². The second kappa shape index (κ2) is 2.30. The maximum atomic E-state index is 4.40. The third kappa shape index (κ3) is 0.758. The van der Waals surface area contributed by atoms with Crippen LogP contribution in [0.25, 0.3) is 0 Å². The first-order valence-corrected chi connectivity index (χ1v) is 4.62. The van der Waals surface area contributed by atoms with E-state index in [9.17, 15) is 0 Å². The number of nitrogens with zero attached hydrogens (tertiary/aromatic N) is 1. The van der Waals surface area contributed by atoms with Gasteiger partial charge in [-0.25, -0.2) is 0 Å². The van der Waals surface area contributed by atoms with Crippen LogP contribution in [0.15, 0.2) is 18.3 Å². The molecule has 0 radical (unpaired) electrons. The highest BCUT2D eigenvalue weighted by Crippen LogP contribution is 2.39. The zero-order valence-electron chi connectivity index (χ0n) is 6.96. The lowest BCUT2D eigenvalue weighted by atomic mass is 10.0. The van der Waals surface area contributed by atoms with Gasteiger partial charge >= 0.3 is 0 Å². The van der Waals surface area contributed by atoms with Gasteiger partial charge in [-0.15, -0.1) is 0 Å². The van der Waals surface area contributed by atoms with Gasteiger partial charge in [0.1, 0.15) is 0 Å². The van der Waals surface area contributed by atoms with Crippen molar-refractivity contribution in [3.63, 3.8) is 0 Å². The third-order valence-corrected chi connectivity index (χ3v) is 3.07. The van der Waals surface area contributed by atoms with E-state index in [2.05, 4.69) is 16.4 Å². The van der Waals surface area contributed by atoms with E-state index >= 15 is 0 Å². The molecule has 0 bridgehead atoms. The topological polar surface area (TPSA) is 24.9 Å². The van der Waals surface area contributed by atoms with E-state index in [1.165, 1.54) is 30.6 Å². The summed E-state index contributed by atoms with van der Waals surface area (Å²) in [5.41, 5.74) is 2.76. The first-order chi connectivity index (χ1) is 5.95. The molecular weight excluding hydrogens is 148 g/mol. The van der Waals surface area contributed by atoms with Crippen LogP contribution in [0.1, 0.15) is 23.7 Å². The Labute approximate surface area is 72.0 Å². The summed E-state index contributed by atoms with van der Waals surface area (Å²) in [6.45, 7) is 1.18. The number of aromatic nitrogens is 1. The smallest absolute Gasteiger partial charge is 0.0454 e. The Kier molecular flexibility index (Phi) is 1.27. The number of pyridine rings is 1. The maximum absolute atomic E-state index is 4.40. The summed E-state index contributed by atoms with van der Waals surface area (Å²) in [6.07, 6.45) is 4.41. The van der Waals surface area contributed by atoms with E-state index in [1.807, 2.05) is 12.3 Å². The molecule has 1 aromatic heterocycles. The van der Waals surface area contributed by atoms with Gasteiger partial charge in [-0.2, -0.15) is 0 Å². The molecule has 2 nitrogen and oxygen atoms in total. The Balaban J connectivity index is 2.09. The van der Waals surface area contributed by atoms with Crippen molar-refractivity contribution in [3.8, 4) is 0 Å². The predicted octanol–water partition coefficient (Wildman–Crippen LogP) is 1.29. The average Bonchev–Trinajstić information content (AvgIpc) is 2.62. The molecule has 2 aliphatic rings. The van der Waals surface area contributed by atoms with E-state index in [4.69, 9.17) is 0 Å². The van der Waals surface area contributed by atoms with Gasteiger partial charge in [0.2, 0.25) is 0 Å². The number of hydrogen-bond acceptors (Lipinski definition) is 2. The molecule has 0 spiro atoms. The van der Waals surface area contributed by atoms with E-state index in [1.54, 1.807) is 0 Å². The largest absolute Gasteiger partial charge is 0.310 e. The van der Waals surface area contributed by atoms with Crippen LogP contribution in [0.5, 0.6) is 0 Å². The molecule has 3 rings (SSSR count). The van der Waals surface area contributed by atoms with Crippen LogP contribution in [0.3, 0.4) is 0 Å². The van der Waals surface area contributed by atoms with Gasteiger partial charge in [0, 0.05) is 17.9 Å². The summed E-state index contributed by atoms with van der Waals surface area (Å²) < 4.78 is 0. The number of fused-ring (bicyclic) bond motifs is 3. The SMILES string of the molecule is c1cnc2c(c1)C1NCCC1C2. The normalized spacial score (nSPS) is 31.7. The number of nitrogens with one attached hydrogen (secondary N) is 1. The van der Waals surface area contributed by atoms with Gasteiger partial charge in [-0.3, -0.25) is 4.98 Å². The highest BCUT2D eigenvalue weighted by molar-refractivity contribution is 5.31. The van der Waals surface area contributed by atoms with E-state index < -0.39 is 0 Å². The van der Waals surface area contributed by atoms with Crippen LogP contribution < -0.4 is 5.32 Å². The summed E-state index contributed by atoms with van der Waals surface area (Å²) >= 11 is 0. The standard InChI is InChI=1S/C10H12N2/c1-2-8-9(11-4-1)6-7-3-5-12-10(7)8/h1-2,4,7,10,12H,3,5-6H2. The lowest BCUT2D eigenvalue weighted by Gasteiger charge is -2.08. The van der Waals surface area contributed by atoms with Crippen molar-refractivity contribution in [2.45, 2.75) is 18.9 Å². The monoisotopic (exact) mass is 160 g/mol. The summed E-state index contributed by atoms with van der Waals surface area (Å²) in [4.78, 5) is 4.40. The fourth-order valence-electron chi connectivity index (χ4n) is 2.49. The van der Waals surface area contributed by atoms with Crippen LogP contribution in [0, 0.1) is 5.92 Å². The molecule has 62 valence electrons. The van der Waals surface area contributed by atoms with E-state index in [0.29, 0.717) is 6.04 Å². The minimum Gasteiger partial charge on any atom is -0.310 e. The van der Waals surface area contributed by atoms with Crippen molar-refractivity contribution in [1.29, 1.82) is 0 Å². The molecule has 0 amide bonds. The molecule has 12 heavy (non-hydrogen) atoms. The summed E-state index contributed by atoms with van der Waals surface area (Å²) in [7, 11) is 0. The van der Waals surface area contributed by atoms with Gasteiger partial charge in [0.05, 0.1) is 0 Å². The van der Waals surface area contributed by atoms with Crippen molar-refractivity contribution >= 4 is 0 Å². The minimum atomic E-state index is 0.619. The van der Waals surface area contributed by atoms with Crippen LogP contribution in [0.4, 0.5) is 0 Å². The molecule has 0 saturated carbocycles. The van der Waals surface area contributed by atoms with Gasteiger partial charge in [-0.1, -0.05) is 6.07 Å². The molecule has 2 atom stereocenters. The molecule has 2 unspecified atom stereocenters. The molecular formula is C10H12N2. The summed E-state index contributed by atoms with van der Waals surface area (Å²) in [5.74, 6) is 0.829. The van der Waals surface area contributed by atoms with Crippen LogP contribution in [0.2, 0.25) is 0 Å². The third-order valence-electron chi connectivity index (χ3n) is 3.07. The van der Waals surface area contributed by atoms with Crippen molar-refractivity contribution in [2.24, 2.45) is 5.92 Å². The van der Waals surface area contributed by atoms with Crippen molar-refractivity contribution in [3.05, 3.63) is 29.6 Å². The molecule has 2 heterocycles. The van der Waals surface area contributed by atoms with Crippen LogP contribution in [-0.4, -0.2) is 11.5 Å². The first-order valence-electron chi connectivity index (χ1n) is 4.62. The second-order valence-corrected chi connectivity index (χ2v) is 3.72. The second-order valence-electron chi connectivity index (χ2n) is 3.72. The van der Waals surface area contributed by atoms with Crippen molar-refractivity contribution in [1.82, 2.24) is 10.3 Å². The minimum absolute atomic E-state index is 0.619. The van der Waals surface area contributed by atoms with Gasteiger partial charge in [-0.05, 0) is 36.9 Å². The zero-order chi connectivity index (χ0) is 7.97. The lowest BCUT2D eigenvalue weighted by molar-refractivity contribution is 0.503. The van der Waals surface area contributed by atoms with E-state index in [0.717, 1.165) is 5.92 Å². The Morgan fingerprint density at radius 1 is 1.50 bits per heavy atom. The number of hydrogen-bond donors (Lipinski definition) is 1. The van der Waals surface area contributed by atoms with Crippen LogP contribution >= 0.6 is 0 Å². The molecule has 1 saturated heterocycles. The highest BCUT2D eigenvalue weighted by atomic mass is 15.0. The molecule has 1 aliphatic carbocycles. The Bertz CT molecular complexity index is 308. The Hall–Kier alpha value is -0.890. The molecule has 2 heteroatoms. The van der Waals surface area contributed by atoms with Crippen LogP contribution in [-0.2, 0) is 6.42 Å². The molecule has 1 aliphatic heterocycles.